The molecular weight excluding hydrogens is 367 g/mol. The second kappa shape index (κ2) is 9.38. The number of imidazole rings is 1. The van der Waals surface area contributed by atoms with Crippen molar-refractivity contribution in [2.24, 2.45) is 0 Å². The van der Waals surface area contributed by atoms with E-state index in [1.165, 1.54) is 24.1 Å². The highest BCUT2D eigenvalue weighted by Crippen LogP contribution is 2.26. The molecule has 4 rings (SSSR count). The van der Waals surface area contributed by atoms with Crippen molar-refractivity contribution >= 4 is 30.5 Å². The predicted molar refractivity (Wildman–Crippen MR) is 112 cm³/mol. The lowest BCUT2D eigenvalue weighted by atomic mass is 10.0. The van der Waals surface area contributed by atoms with Crippen LogP contribution in [0.3, 0.4) is 0 Å². The van der Waals surface area contributed by atoms with Crippen molar-refractivity contribution in [3.63, 3.8) is 0 Å². The first-order valence-corrected chi connectivity index (χ1v) is 8.76. The van der Waals surface area contributed by atoms with E-state index in [1.54, 1.807) is 0 Å². The van der Waals surface area contributed by atoms with Gasteiger partial charge in [0.25, 0.3) is 0 Å². The highest BCUT2D eigenvalue weighted by atomic mass is 35.5. The summed E-state index contributed by atoms with van der Waals surface area (Å²) < 4.78 is 2.24. The van der Waals surface area contributed by atoms with Crippen LogP contribution in [0.2, 0.25) is 0 Å². The Balaban J connectivity index is 0.00000121. The Morgan fingerprint density at radius 2 is 1.85 bits per heavy atom. The number of benzene rings is 1. The third kappa shape index (κ3) is 4.21. The standard InChI is InChI=1S/C20H24N4.2ClH/c1-21-17-10-7-12-23(14-17)15-18-20(16-8-3-2-4-9-16)22-19-11-5-6-13-24(18)19;;/h2-6,8-9,11,13,17,21H,7,10,12,14-15H2,1H3;2*1H. The Hall–Kier alpha value is -1.59. The normalized spacial score (nSPS) is 17.5. The van der Waals surface area contributed by atoms with Gasteiger partial charge in [-0.3, -0.25) is 4.90 Å². The molecule has 3 aromatic rings. The second-order valence-electron chi connectivity index (χ2n) is 6.56. The Kier molecular flexibility index (Phi) is 7.47. The first-order valence-electron chi connectivity index (χ1n) is 8.76. The van der Waals surface area contributed by atoms with Crippen molar-refractivity contribution in [3.8, 4) is 11.3 Å². The fourth-order valence-electron chi connectivity index (χ4n) is 3.67. The number of likely N-dealkylation sites (tertiary alicyclic amines) is 1. The second-order valence-corrected chi connectivity index (χ2v) is 6.56. The molecule has 4 nitrogen and oxygen atoms in total. The Morgan fingerprint density at radius 1 is 1.08 bits per heavy atom. The van der Waals surface area contributed by atoms with Gasteiger partial charge in [-0.2, -0.15) is 0 Å². The molecule has 0 bridgehead atoms. The van der Waals surface area contributed by atoms with Gasteiger partial charge in [-0.1, -0.05) is 36.4 Å². The zero-order chi connectivity index (χ0) is 16.4. The van der Waals surface area contributed by atoms with Gasteiger partial charge >= 0.3 is 0 Å². The number of likely N-dealkylation sites (N-methyl/N-ethyl adjacent to an activating group) is 1. The van der Waals surface area contributed by atoms with E-state index in [1.807, 2.05) is 0 Å². The summed E-state index contributed by atoms with van der Waals surface area (Å²) >= 11 is 0. The molecule has 1 N–H and O–H groups in total. The SMILES string of the molecule is CNC1CCCN(Cc2c(-c3ccccc3)nc3ccccn23)C1.Cl.Cl. The zero-order valence-electron chi connectivity index (χ0n) is 15.0. The van der Waals surface area contributed by atoms with Crippen molar-refractivity contribution in [2.45, 2.75) is 25.4 Å². The summed E-state index contributed by atoms with van der Waals surface area (Å²) in [6, 6.07) is 17.3. The average Bonchev–Trinajstić information content (AvgIpc) is 3.01. The van der Waals surface area contributed by atoms with Crippen LogP contribution in [-0.2, 0) is 6.54 Å². The van der Waals surface area contributed by atoms with Crippen LogP contribution >= 0.6 is 24.8 Å². The van der Waals surface area contributed by atoms with Crippen LogP contribution in [0, 0.1) is 0 Å². The molecule has 0 aliphatic carbocycles. The smallest absolute Gasteiger partial charge is 0.137 e. The van der Waals surface area contributed by atoms with Gasteiger partial charge in [-0.25, -0.2) is 4.98 Å². The average molecular weight is 393 g/mol. The molecule has 0 spiro atoms. The van der Waals surface area contributed by atoms with E-state index >= 15 is 0 Å². The monoisotopic (exact) mass is 392 g/mol. The molecule has 0 amide bonds. The molecular formula is C20H26Cl2N4. The molecule has 1 saturated heterocycles. The molecule has 0 saturated carbocycles. The lowest BCUT2D eigenvalue weighted by Crippen LogP contribution is -2.44. The maximum Gasteiger partial charge on any atom is 0.137 e. The minimum Gasteiger partial charge on any atom is -0.316 e. The minimum absolute atomic E-state index is 0. The van der Waals surface area contributed by atoms with Crippen LogP contribution in [0.5, 0.6) is 0 Å². The molecule has 2 aromatic heterocycles. The van der Waals surface area contributed by atoms with Gasteiger partial charge < -0.3 is 9.72 Å². The summed E-state index contributed by atoms with van der Waals surface area (Å²) in [7, 11) is 2.07. The molecule has 26 heavy (non-hydrogen) atoms. The van der Waals surface area contributed by atoms with Crippen LogP contribution in [0.4, 0.5) is 0 Å². The van der Waals surface area contributed by atoms with Crippen LogP contribution in [-0.4, -0.2) is 40.5 Å². The maximum absolute atomic E-state index is 4.91. The van der Waals surface area contributed by atoms with Gasteiger partial charge in [-0.15, -0.1) is 24.8 Å². The lowest BCUT2D eigenvalue weighted by molar-refractivity contribution is 0.186. The molecule has 1 atom stereocenters. The van der Waals surface area contributed by atoms with E-state index in [4.69, 9.17) is 4.98 Å². The number of hydrogen-bond donors (Lipinski definition) is 1. The third-order valence-corrected chi connectivity index (χ3v) is 4.96. The van der Waals surface area contributed by atoms with Crippen LogP contribution in [0.25, 0.3) is 16.9 Å². The van der Waals surface area contributed by atoms with E-state index in [0.29, 0.717) is 6.04 Å². The van der Waals surface area contributed by atoms with E-state index in [0.717, 1.165) is 31.0 Å². The molecule has 0 radical (unpaired) electrons. The Morgan fingerprint density at radius 3 is 2.62 bits per heavy atom. The van der Waals surface area contributed by atoms with Crippen molar-refractivity contribution < 1.29 is 0 Å². The summed E-state index contributed by atoms with van der Waals surface area (Å²) in [6.07, 6.45) is 4.65. The van der Waals surface area contributed by atoms with E-state index in [2.05, 4.69) is 76.4 Å². The minimum atomic E-state index is 0. The van der Waals surface area contributed by atoms with Gasteiger partial charge in [-0.05, 0) is 38.6 Å². The Labute approximate surface area is 167 Å². The largest absolute Gasteiger partial charge is 0.316 e. The first kappa shape index (κ1) is 20.7. The summed E-state index contributed by atoms with van der Waals surface area (Å²) in [6.45, 7) is 3.20. The number of rotatable bonds is 4. The van der Waals surface area contributed by atoms with E-state index in [9.17, 15) is 0 Å². The first-order chi connectivity index (χ1) is 11.8. The molecule has 6 heteroatoms. The molecule has 3 heterocycles. The number of fused-ring (bicyclic) bond motifs is 1. The Bertz CT molecular complexity index is 819. The molecule has 1 aliphatic rings. The number of halogens is 2. The van der Waals surface area contributed by atoms with Crippen molar-refractivity contribution in [1.82, 2.24) is 19.6 Å². The fourth-order valence-corrected chi connectivity index (χ4v) is 3.67. The number of pyridine rings is 1. The van der Waals surface area contributed by atoms with Crippen LogP contribution in [0.1, 0.15) is 18.5 Å². The number of nitrogens with zero attached hydrogens (tertiary/aromatic N) is 3. The van der Waals surface area contributed by atoms with Gasteiger partial charge in [0.05, 0.1) is 11.4 Å². The third-order valence-electron chi connectivity index (χ3n) is 4.96. The molecule has 1 aromatic carbocycles. The highest BCUT2D eigenvalue weighted by molar-refractivity contribution is 5.85. The predicted octanol–water partition coefficient (Wildman–Crippen LogP) is 4.03. The number of aromatic nitrogens is 2. The molecule has 140 valence electrons. The van der Waals surface area contributed by atoms with Crippen LogP contribution < -0.4 is 5.32 Å². The van der Waals surface area contributed by atoms with Gasteiger partial charge in [0.1, 0.15) is 5.65 Å². The summed E-state index contributed by atoms with van der Waals surface area (Å²) in [4.78, 5) is 7.46. The van der Waals surface area contributed by atoms with Gasteiger partial charge in [0, 0.05) is 30.9 Å². The quantitative estimate of drug-likeness (QED) is 0.727. The summed E-state index contributed by atoms with van der Waals surface area (Å²) in [5.41, 5.74) is 4.61. The van der Waals surface area contributed by atoms with E-state index < -0.39 is 0 Å². The maximum atomic E-state index is 4.91. The topological polar surface area (TPSA) is 32.6 Å². The summed E-state index contributed by atoms with van der Waals surface area (Å²) in [5.74, 6) is 0. The van der Waals surface area contributed by atoms with Gasteiger partial charge in [0.2, 0.25) is 0 Å². The zero-order valence-corrected chi connectivity index (χ0v) is 16.6. The van der Waals surface area contributed by atoms with Crippen LogP contribution in [0.15, 0.2) is 54.7 Å². The molecule has 1 fully saturated rings. The molecule has 1 aliphatic heterocycles. The summed E-state index contributed by atoms with van der Waals surface area (Å²) in [5, 5.41) is 3.43. The lowest BCUT2D eigenvalue weighted by Gasteiger charge is -2.32. The molecule has 1 unspecified atom stereocenters. The van der Waals surface area contributed by atoms with Crippen molar-refractivity contribution in [2.75, 3.05) is 20.1 Å². The number of nitrogens with one attached hydrogen (secondary N) is 1. The number of piperidine rings is 1. The highest BCUT2D eigenvalue weighted by Gasteiger charge is 2.22. The number of hydrogen-bond acceptors (Lipinski definition) is 3. The van der Waals surface area contributed by atoms with Crippen molar-refractivity contribution in [3.05, 3.63) is 60.4 Å². The van der Waals surface area contributed by atoms with E-state index in [-0.39, 0.29) is 24.8 Å². The van der Waals surface area contributed by atoms with Gasteiger partial charge in [0.15, 0.2) is 0 Å². The fraction of sp³-hybridized carbons (Fsp3) is 0.350. The van der Waals surface area contributed by atoms with Crippen molar-refractivity contribution in [1.29, 1.82) is 0 Å².